The fraction of sp³-hybridized carbons (Fsp3) is 0.562. The third kappa shape index (κ3) is 3.91. The van der Waals surface area contributed by atoms with E-state index in [1.807, 2.05) is 0 Å². The van der Waals surface area contributed by atoms with Crippen LogP contribution >= 0.6 is 0 Å². The predicted molar refractivity (Wildman–Crippen MR) is 85.7 cm³/mol. The minimum absolute atomic E-state index is 0.0367. The number of nitrogens with one attached hydrogen (secondary N) is 1. The Kier molecular flexibility index (Phi) is 4.99. The number of morpholine rings is 1. The first-order valence-electron chi connectivity index (χ1n) is 8.06. The SMILES string of the molecule is O=C(c1ccc(S(=O)(=O)NC2CCCC2)cc1)N1CCOCC1. The summed E-state index contributed by atoms with van der Waals surface area (Å²) in [6.45, 7) is 2.23. The Bertz CT molecular complexity index is 645. The molecule has 1 amide bonds. The molecule has 126 valence electrons. The van der Waals surface area contributed by atoms with Crippen molar-refractivity contribution in [3.63, 3.8) is 0 Å². The molecule has 0 aromatic heterocycles. The van der Waals surface area contributed by atoms with E-state index in [1.54, 1.807) is 17.0 Å². The normalized spacial score (nSPS) is 19.9. The zero-order valence-electron chi connectivity index (χ0n) is 13.0. The number of hydrogen-bond acceptors (Lipinski definition) is 4. The Labute approximate surface area is 136 Å². The van der Waals surface area contributed by atoms with Crippen LogP contribution in [-0.4, -0.2) is 51.6 Å². The van der Waals surface area contributed by atoms with Crippen molar-refractivity contribution in [2.75, 3.05) is 26.3 Å². The number of carbonyl (C=O) groups excluding carboxylic acids is 1. The zero-order chi connectivity index (χ0) is 16.3. The Morgan fingerprint density at radius 3 is 2.30 bits per heavy atom. The van der Waals surface area contributed by atoms with E-state index in [4.69, 9.17) is 4.74 Å². The first kappa shape index (κ1) is 16.4. The van der Waals surface area contributed by atoms with E-state index in [2.05, 4.69) is 4.72 Å². The Balaban J connectivity index is 1.69. The lowest BCUT2D eigenvalue weighted by molar-refractivity contribution is 0.0303. The molecule has 23 heavy (non-hydrogen) atoms. The highest BCUT2D eigenvalue weighted by Gasteiger charge is 2.24. The molecule has 2 aliphatic rings. The van der Waals surface area contributed by atoms with Crippen LogP contribution in [0.3, 0.4) is 0 Å². The second kappa shape index (κ2) is 6.98. The summed E-state index contributed by atoms with van der Waals surface area (Å²) in [6, 6.07) is 6.22. The Hall–Kier alpha value is -1.44. The summed E-state index contributed by atoms with van der Waals surface area (Å²) in [7, 11) is -3.51. The molecule has 1 aliphatic heterocycles. The van der Waals surface area contributed by atoms with Gasteiger partial charge in [0.1, 0.15) is 0 Å². The van der Waals surface area contributed by atoms with Crippen LogP contribution in [0, 0.1) is 0 Å². The molecule has 1 saturated heterocycles. The number of carbonyl (C=O) groups is 1. The largest absolute Gasteiger partial charge is 0.378 e. The van der Waals surface area contributed by atoms with Gasteiger partial charge in [0.05, 0.1) is 18.1 Å². The molecule has 7 heteroatoms. The van der Waals surface area contributed by atoms with Gasteiger partial charge < -0.3 is 9.64 Å². The van der Waals surface area contributed by atoms with Gasteiger partial charge in [-0.2, -0.15) is 0 Å². The first-order chi connectivity index (χ1) is 11.1. The van der Waals surface area contributed by atoms with Gasteiger partial charge in [-0.3, -0.25) is 4.79 Å². The van der Waals surface area contributed by atoms with Crippen LogP contribution in [0.2, 0.25) is 0 Å². The van der Waals surface area contributed by atoms with Crippen molar-refractivity contribution in [3.05, 3.63) is 29.8 Å². The molecular weight excluding hydrogens is 316 g/mol. The number of hydrogen-bond donors (Lipinski definition) is 1. The maximum absolute atomic E-state index is 12.3. The lowest BCUT2D eigenvalue weighted by Gasteiger charge is -2.26. The predicted octanol–water partition coefficient (Wildman–Crippen LogP) is 1.38. The molecule has 0 atom stereocenters. The number of nitrogens with zero attached hydrogens (tertiary/aromatic N) is 1. The van der Waals surface area contributed by atoms with Crippen LogP contribution in [0.5, 0.6) is 0 Å². The Morgan fingerprint density at radius 2 is 1.70 bits per heavy atom. The van der Waals surface area contributed by atoms with Crippen LogP contribution in [0.15, 0.2) is 29.2 Å². The molecule has 1 aromatic rings. The lowest BCUT2D eigenvalue weighted by atomic mass is 10.2. The van der Waals surface area contributed by atoms with E-state index in [1.165, 1.54) is 12.1 Å². The summed E-state index contributed by atoms with van der Waals surface area (Å²) in [5.74, 6) is -0.0824. The third-order valence-corrected chi connectivity index (χ3v) is 5.92. The fourth-order valence-corrected chi connectivity index (χ4v) is 4.36. The van der Waals surface area contributed by atoms with Crippen molar-refractivity contribution in [3.8, 4) is 0 Å². The molecule has 1 saturated carbocycles. The van der Waals surface area contributed by atoms with Crippen molar-refractivity contribution in [2.24, 2.45) is 0 Å². The maximum atomic E-state index is 12.3. The molecule has 0 radical (unpaired) electrons. The van der Waals surface area contributed by atoms with Crippen LogP contribution in [0.4, 0.5) is 0 Å². The average Bonchev–Trinajstić information content (AvgIpc) is 3.07. The van der Waals surface area contributed by atoms with Gasteiger partial charge in [0, 0.05) is 24.7 Å². The van der Waals surface area contributed by atoms with E-state index in [9.17, 15) is 13.2 Å². The topological polar surface area (TPSA) is 75.7 Å². The van der Waals surface area contributed by atoms with Crippen LogP contribution in [0.25, 0.3) is 0 Å². The molecule has 3 rings (SSSR count). The number of benzene rings is 1. The maximum Gasteiger partial charge on any atom is 0.254 e. The highest BCUT2D eigenvalue weighted by atomic mass is 32.2. The van der Waals surface area contributed by atoms with Crippen LogP contribution in [-0.2, 0) is 14.8 Å². The molecule has 1 N–H and O–H groups in total. The summed E-state index contributed by atoms with van der Waals surface area (Å²) in [6.07, 6.45) is 3.93. The van der Waals surface area contributed by atoms with Gasteiger partial charge >= 0.3 is 0 Å². The van der Waals surface area contributed by atoms with Crippen molar-refractivity contribution in [1.82, 2.24) is 9.62 Å². The second-order valence-electron chi connectivity index (χ2n) is 6.03. The lowest BCUT2D eigenvalue weighted by Crippen LogP contribution is -2.40. The summed E-state index contributed by atoms with van der Waals surface area (Å²) in [5.41, 5.74) is 0.506. The number of amides is 1. The first-order valence-corrected chi connectivity index (χ1v) is 9.54. The third-order valence-electron chi connectivity index (χ3n) is 4.39. The van der Waals surface area contributed by atoms with Crippen molar-refractivity contribution >= 4 is 15.9 Å². The number of ether oxygens (including phenoxy) is 1. The van der Waals surface area contributed by atoms with Crippen LogP contribution in [0.1, 0.15) is 36.0 Å². The van der Waals surface area contributed by atoms with Gasteiger partial charge in [-0.25, -0.2) is 13.1 Å². The van der Waals surface area contributed by atoms with Crippen molar-refractivity contribution in [2.45, 2.75) is 36.6 Å². The van der Waals surface area contributed by atoms with E-state index in [0.29, 0.717) is 31.9 Å². The van der Waals surface area contributed by atoms with Gasteiger partial charge in [0.2, 0.25) is 10.0 Å². The number of sulfonamides is 1. The van der Waals surface area contributed by atoms with Crippen molar-refractivity contribution < 1.29 is 17.9 Å². The highest BCUT2D eigenvalue weighted by molar-refractivity contribution is 7.89. The molecule has 0 bridgehead atoms. The second-order valence-corrected chi connectivity index (χ2v) is 7.75. The van der Waals surface area contributed by atoms with Gasteiger partial charge in [-0.05, 0) is 37.1 Å². The van der Waals surface area contributed by atoms with Crippen LogP contribution < -0.4 is 4.72 Å². The fourth-order valence-electron chi connectivity index (χ4n) is 3.06. The molecule has 1 aliphatic carbocycles. The van der Waals surface area contributed by atoms with Crippen molar-refractivity contribution in [1.29, 1.82) is 0 Å². The minimum atomic E-state index is -3.51. The molecule has 0 spiro atoms. The molecule has 0 unspecified atom stereocenters. The Morgan fingerprint density at radius 1 is 1.09 bits per heavy atom. The molecule has 1 aromatic carbocycles. The standard InChI is InChI=1S/C16H22N2O4S/c19-16(18-9-11-22-12-10-18)13-5-7-15(8-6-13)23(20,21)17-14-3-1-2-4-14/h5-8,14,17H,1-4,9-12H2. The van der Waals surface area contributed by atoms with E-state index in [0.717, 1.165) is 25.7 Å². The molecule has 1 heterocycles. The molecule has 6 nitrogen and oxygen atoms in total. The van der Waals surface area contributed by atoms with E-state index < -0.39 is 10.0 Å². The molecular formula is C16H22N2O4S. The smallest absolute Gasteiger partial charge is 0.254 e. The summed E-state index contributed by atoms with van der Waals surface area (Å²) in [4.78, 5) is 14.3. The summed E-state index contributed by atoms with van der Waals surface area (Å²) >= 11 is 0. The minimum Gasteiger partial charge on any atom is -0.378 e. The van der Waals surface area contributed by atoms with E-state index in [-0.39, 0.29) is 16.8 Å². The average molecular weight is 338 g/mol. The highest BCUT2D eigenvalue weighted by Crippen LogP contribution is 2.21. The number of rotatable bonds is 4. The van der Waals surface area contributed by atoms with Gasteiger partial charge in [0.25, 0.3) is 5.91 Å². The summed E-state index contributed by atoms with van der Waals surface area (Å²) in [5, 5.41) is 0. The molecule has 2 fully saturated rings. The zero-order valence-corrected chi connectivity index (χ0v) is 13.8. The van der Waals surface area contributed by atoms with Gasteiger partial charge in [-0.15, -0.1) is 0 Å². The monoisotopic (exact) mass is 338 g/mol. The van der Waals surface area contributed by atoms with Gasteiger partial charge in [0.15, 0.2) is 0 Å². The van der Waals surface area contributed by atoms with Gasteiger partial charge in [-0.1, -0.05) is 12.8 Å². The van der Waals surface area contributed by atoms with E-state index >= 15 is 0 Å². The quantitative estimate of drug-likeness (QED) is 0.900. The summed E-state index contributed by atoms with van der Waals surface area (Å²) < 4.78 is 32.7.